The zero-order valence-corrected chi connectivity index (χ0v) is 16.1. The van der Waals surface area contributed by atoms with Gasteiger partial charge in [-0.3, -0.25) is 24.6 Å². The first-order chi connectivity index (χ1) is 14.0. The Balaban J connectivity index is 1.47. The maximum atomic E-state index is 13.0. The summed E-state index contributed by atoms with van der Waals surface area (Å²) in [5, 5.41) is 15.7. The van der Waals surface area contributed by atoms with Crippen LogP contribution in [0, 0.1) is 10.1 Å². The number of nitrogens with two attached hydrogens (primary N) is 1. The van der Waals surface area contributed by atoms with Crippen LogP contribution in [0.4, 0.5) is 5.69 Å². The Labute approximate surface area is 168 Å². The number of carbonyl (C=O) groups excluding carboxylic acids is 2. The molecule has 2 aromatic carbocycles. The molecule has 0 radical (unpaired) electrons. The second-order valence-corrected chi connectivity index (χ2v) is 7.78. The molecule has 8 nitrogen and oxygen atoms in total. The Morgan fingerprint density at radius 2 is 1.93 bits per heavy atom. The van der Waals surface area contributed by atoms with Crippen molar-refractivity contribution in [3.8, 4) is 0 Å². The maximum Gasteiger partial charge on any atom is 0.270 e. The molecule has 0 spiro atoms. The normalized spacial score (nSPS) is 21.2. The first kappa shape index (κ1) is 19.5. The Bertz CT molecular complexity index is 990. The molecule has 1 heterocycles. The number of non-ortho nitro benzene ring substituents is 1. The van der Waals surface area contributed by atoms with Crippen LogP contribution in [-0.2, 0) is 0 Å². The molecule has 0 bridgehead atoms. The molecule has 152 valence electrons. The van der Waals surface area contributed by atoms with E-state index >= 15 is 0 Å². The summed E-state index contributed by atoms with van der Waals surface area (Å²) in [6.07, 6.45) is 4.75. The quantitative estimate of drug-likeness (QED) is 0.321. The molecule has 8 heteroatoms. The van der Waals surface area contributed by atoms with Crippen LogP contribution in [0.1, 0.15) is 52.8 Å². The Hall–Kier alpha value is -2.84. The van der Waals surface area contributed by atoms with Crippen LogP contribution in [0.3, 0.4) is 0 Å². The highest BCUT2D eigenvalue weighted by Gasteiger charge is 2.34. The van der Waals surface area contributed by atoms with Crippen molar-refractivity contribution in [3.05, 3.63) is 51.6 Å². The number of nitrogens with one attached hydrogen (secondary N) is 1. The number of amides is 2. The number of rotatable bonds is 7. The second-order valence-electron chi connectivity index (χ2n) is 7.78. The van der Waals surface area contributed by atoms with Gasteiger partial charge < -0.3 is 11.1 Å². The minimum atomic E-state index is -0.518. The number of hydrogen-bond acceptors (Lipinski definition) is 6. The summed E-state index contributed by atoms with van der Waals surface area (Å²) >= 11 is 0. The molecule has 2 atom stereocenters. The molecule has 4 rings (SSSR count). The maximum absolute atomic E-state index is 13.0. The molecule has 1 aliphatic heterocycles. The van der Waals surface area contributed by atoms with E-state index in [-0.39, 0.29) is 29.7 Å². The number of benzene rings is 2. The summed E-state index contributed by atoms with van der Waals surface area (Å²) < 4.78 is 0. The topological polar surface area (TPSA) is 119 Å². The SMILES string of the molecule is N[C@@H]1CCC[C@H]1NCCCCN1C(=O)c2cccc3cc([N+](=O)[O-])cc(c23)C1=O. The molecule has 2 amide bonds. The van der Waals surface area contributed by atoms with Gasteiger partial charge in [-0.2, -0.15) is 0 Å². The summed E-state index contributed by atoms with van der Waals surface area (Å²) in [4.78, 5) is 37.8. The Kier molecular flexibility index (Phi) is 5.29. The number of unbranched alkanes of at least 4 members (excludes halogenated alkanes) is 1. The fourth-order valence-electron chi connectivity index (χ4n) is 4.38. The standard InChI is InChI=1S/C21H24N4O4/c22-17-7-4-8-18(17)23-9-1-2-10-24-20(26)15-6-3-5-13-11-14(25(28)29)12-16(19(13)15)21(24)27/h3,5-6,11-12,17-18,23H,1-2,4,7-10,22H2/t17-,18-/m1/s1. The van der Waals surface area contributed by atoms with Crippen LogP contribution in [0.25, 0.3) is 10.8 Å². The van der Waals surface area contributed by atoms with E-state index in [2.05, 4.69) is 5.32 Å². The molecule has 2 aliphatic rings. The van der Waals surface area contributed by atoms with Gasteiger partial charge >= 0.3 is 0 Å². The number of carbonyl (C=O) groups is 2. The minimum absolute atomic E-state index is 0.149. The van der Waals surface area contributed by atoms with Crippen molar-refractivity contribution in [2.45, 2.75) is 44.2 Å². The van der Waals surface area contributed by atoms with Crippen molar-refractivity contribution in [2.24, 2.45) is 5.73 Å². The van der Waals surface area contributed by atoms with Gasteiger partial charge in [0, 0.05) is 41.7 Å². The number of hydrogen-bond donors (Lipinski definition) is 2. The fourth-order valence-corrected chi connectivity index (χ4v) is 4.38. The predicted octanol–water partition coefficient (Wildman–Crippen LogP) is 2.59. The molecule has 2 aromatic rings. The van der Waals surface area contributed by atoms with Gasteiger partial charge in [0.05, 0.1) is 10.5 Å². The van der Waals surface area contributed by atoms with Crippen molar-refractivity contribution in [3.63, 3.8) is 0 Å². The van der Waals surface area contributed by atoms with Crippen LogP contribution in [0.15, 0.2) is 30.3 Å². The molecule has 1 fully saturated rings. The second kappa shape index (κ2) is 7.88. The van der Waals surface area contributed by atoms with E-state index in [1.54, 1.807) is 18.2 Å². The molecule has 0 unspecified atom stereocenters. The highest BCUT2D eigenvalue weighted by atomic mass is 16.6. The van der Waals surface area contributed by atoms with E-state index in [0.29, 0.717) is 28.8 Å². The summed E-state index contributed by atoms with van der Waals surface area (Å²) in [5.74, 6) is -0.805. The largest absolute Gasteiger partial charge is 0.326 e. The lowest BCUT2D eigenvalue weighted by Crippen LogP contribution is -2.42. The van der Waals surface area contributed by atoms with Crippen molar-refractivity contribution < 1.29 is 14.5 Å². The van der Waals surface area contributed by atoms with Gasteiger partial charge in [-0.1, -0.05) is 18.6 Å². The first-order valence-electron chi connectivity index (χ1n) is 10.0. The summed E-state index contributed by atoms with van der Waals surface area (Å²) in [6.45, 7) is 1.07. The molecule has 0 saturated heterocycles. The van der Waals surface area contributed by atoms with E-state index in [9.17, 15) is 19.7 Å². The average Bonchev–Trinajstić information content (AvgIpc) is 3.12. The van der Waals surface area contributed by atoms with E-state index in [4.69, 9.17) is 5.73 Å². The lowest BCUT2D eigenvalue weighted by Gasteiger charge is -2.27. The third-order valence-corrected chi connectivity index (χ3v) is 5.91. The van der Waals surface area contributed by atoms with Crippen LogP contribution in [0.2, 0.25) is 0 Å². The number of nitrogens with zero attached hydrogens (tertiary/aromatic N) is 2. The molecular formula is C21H24N4O4. The summed E-state index contributed by atoms with van der Waals surface area (Å²) in [7, 11) is 0. The monoisotopic (exact) mass is 396 g/mol. The zero-order valence-electron chi connectivity index (χ0n) is 16.1. The van der Waals surface area contributed by atoms with Gasteiger partial charge in [0.2, 0.25) is 0 Å². The zero-order chi connectivity index (χ0) is 20.5. The average molecular weight is 396 g/mol. The van der Waals surface area contributed by atoms with Gasteiger partial charge in [-0.25, -0.2) is 0 Å². The van der Waals surface area contributed by atoms with Crippen LogP contribution < -0.4 is 11.1 Å². The number of nitro benzene ring substituents is 1. The highest BCUT2D eigenvalue weighted by Crippen LogP contribution is 2.33. The van der Waals surface area contributed by atoms with E-state index < -0.39 is 10.8 Å². The lowest BCUT2D eigenvalue weighted by atomic mass is 9.93. The van der Waals surface area contributed by atoms with Crippen molar-refractivity contribution in [1.82, 2.24) is 10.2 Å². The third-order valence-electron chi connectivity index (χ3n) is 5.91. The van der Waals surface area contributed by atoms with E-state index in [0.717, 1.165) is 32.2 Å². The van der Waals surface area contributed by atoms with Crippen LogP contribution in [0.5, 0.6) is 0 Å². The smallest absolute Gasteiger partial charge is 0.270 e. The fraction of sp³-hybridized carbons (Fsp3) is 0.429. The molecule has 1 aliphatic carbocycles. The number of imide groups is 1. The molecular weight excluding hydrogens is 372 g/mol. The molecule has 0 aromatic heterocycles. The summed E-state index contributed by atoms with van der Waals surface area (Å²) in [5.41, 5.74) is 6.55. The van der Waals surface area contributed by atoms with Crippen LogP contribution in [-0.4, -0.2) is 46.8 Å². The predicted molar refractivity (Wildman–Crippen MR) is 109 cm³/mol. The Morgan fingerprint density at radius 1 is 1.14 bits per heavy atom. The molecule has 29 heavy (non-hydrogen) atoms. The van der Waals surface area contributed by atoms with E-state index in [1.807, 2.05) is 0 Å². The van der Waals surface area contributed by atoms with Gasteiger partial charge in [0.15, 0.2) is 0 Å². The van der Waals surface area contributed by atoms with Crippen LogP contribution >= 0.6 is 0 Å². The van der Waals surface area contributed by atoms with Gasteiger partial charge in [0.25, 0.3) is 17.5 Å². The van der Waals surface area contributed by atoms with Crippen molar-refractivity contribution in [2.75, 3.05) is 13.1 Å². The highest BCUT2D eigenvalue weighted by molar-refractivity contribution is 6.25. The minimum Gasteiger partial charge on any atom is -0.326 e. The van der Waals surface area contributed by atoms with Gasteiger partial charge in [-0.15, -0.1) is 0 Å². The van der Waals surface area contributed by atoms with Crippen molar-refractivity contribution in [1.29, 1.82) is 0 Å². The first-order valence-corrected chi connectivity index (χ1v) is 10.0. The van der Waals surface area contributed by atoms with E-state index in [1.165, 1.54) is 17.0 Å². The Morgan fingerprint density at radius 3 is 2.66 bits per heavy atom. The third kappa shape index (κ3) is 3.61. The molecule has 3 N–H and O–H groups in total. The van der Waals surface area contributed by atoms with Gasteiger partial charge in [0.1, 0.15) is 0 Å². The number of nitro groups is 1. The summed E-state index contributed by atoms with van der Waals surface area (Å²) in [6, 6.07) is 8.26. The van der Waals surface area contributed by atoms with Crippen molar-refractivity contribution >= 4 is 28.3 Å². The van der Waals surface area contributed by atoms with Gasteiger partial charge in [-0.05, 0) is 43.7 Å². The molecule has 1 saturated carbocycles. The lowest BCUT2D eigenvalue weighted by molar-refractivity contribution is -0.384.